The van der Waals surface area contributed by atoms with Crippen molar-refractivity contribution in [3.63, 3.8) is 0 Å². The van der Waals surface area contributed by atoms with Crippen LogP contribution < -0.4 is 16.2 Å². The quantitative estimate of drug-likeness (QED) is 0.861. The number of ether oxygens (including phenoxy) is 1. The van der Waals surface area contributed by atoms with Gasteiger partial charge in [0.1, 0.15) is 5.75 Å². The van der Waals surface area contributed by atoms with Gasteiger partial charge >= 0.3 is 6.18 Å². The number of halogens is 3. The van der Waals surface area contributed by atoms with Crippen molar-refractivity contribution >= 4 is 5.91 Å². The van der Waals surface area contributed by atoms with Crippen molar-refractivity contribution in [2.24, 2.45) is 11.5 Å². The van der Waals surface area contributed by atoms with Crippen LogP contribution in [0.25, 0.3) is 0 Å². The van der Waals surface area contributed by atoms with E-state index in [1.807, 2.05) is 0 Å². The lowest BCUT2D eigenvalue weighted by Crippen LogP contribution is -2.47. The van der Waals surface area contributed by atoms with Crippen LogP contribution >= 0.6 is 0 Å². The van der Waals surface area contributed by atoms with Gasteiger partial charge in [0.05, 0.1) is 0 Å². The molecule has 0 radical (unpaired) electrons. The standard InChI is InChI=1S/C11H13F3N2O2/c1-6(15)9(11(12,13)14)18-8-4-2-7(3-5-8)10(16)17/h2-6,9H,15H2,1H3,(H2,16,17). The topological polar surface area (TPSA) is 78.3 Å². The van der Waals surface area contributed by atoms with Crippen LogP contribution in [0.1, 0.15) is 17.3 Å². The van der Waals surface area contributed by atoms with Gasteiger partial charge in [-0.15, -0.1) is 0 Å². The van der Waals surface area contributed by atoms with Crippen LogP contribution in [0, 0.1) is 0 Å². The highest BCUT2D eigenvalue weighted by Gasteiger charge is 2.44. The Morgan fingerprint density at radius 3 is 2.11 bits per heavy atom. The van der Waals surface area contributed by atoms with Crippen molar-refractivity contribution in [3.8, 4) is 5.75 Å². The monoisotopic (exact) mass is 262 g/mol. The van der Waals surface area contributed by atoms with Crippen LogP contribution in [-0.2, 0) is 0 Å². The van der Waals surface area contributed by atoms with Gasteiger partial charge in [-0.2, -0.15) is 13.2 Å². The first-order valence-corrected chi connectivity index (χ1v) is 5.10. The summed E-state index contributed by atoms with van der Waals surface area (Å²) in [5.41, 5.74) is 10.4. The number of nitrogens with two attached hydrogens (primary N) is 2. The Kier molecular flexibility index (Phi) is 4.18. The minimum atomic E-state index is -4.56. The average Bonchev–Trinajstić information content (AvgIpc) is 2.24. The van der Waals surface area contributed by atoms with Crippen LogP contribution in [0.2, 0.25) is 0 Å². The molecule has 1 amide bonds. The van der Waals surface area contributed by atoms with E-state index in [9.17, 15) is 18.0 Å². The molecular weight excluding hydrogens is 249 g/mol. The molecule has 0 saturated carbocycles. The Balaban J connectivity index is 2.85. The summed E-state index contributed by atoms with van der Waals surface area (Å²) in [7, 11) is 0. The molecule has 1 aromatic carbocycles. The number of amides is 1. The third-order valence-corrected chi connectivity index (χ3v) is 2.20. The minimum Gasteiger partial charge on any atom is -0.479 e. The zero-order valence-corrected chi connectivity index (χ0v) is 9.57. The third-order valence-electron chi connectivity index (χ3n) is 2.20. The first-order valence-electron chi connectivity index (χ1n) is 5.10. The van der Waals surface area contributed by atoms with E-state index in [0.29, 0.717) is 0 Å². The van der Waals surface area contributed by atoms with Crippen molar-refractivity contribution in [2.45, 2.75) is 25.2 Å². The Morgan fingerprint density at radius 1 is 1.28 bits per heavy atom. The SMILES string of the molecule is CC(N)C(Oc1ccc(C(N)=O)cc1)C(F)(F)F. The van der Waals surface area contributed by atoms with Crippen molar-refractivity contribution in [3.05, 3.63) is 29.8 Å². The molecule has 100 valence electrons. The van der Waals surface area contributed by atoms with Gasteiger partial charge < -0.3 is 16.2 Å². The highest BCUT2D eigenvalue weighted by molar-refractivity contribution is 5.92. The van der Waals surface area contributed by atoms with E-state index in [-0.39, 0.29) is 11.3 Å². The van der Waals surface area contributed by atoms with Crippen molar-refractivity contribution in [1.82, 2.24) is 0 Å². The van der Waals surface area contributed by atoms with Gasteiger partial charge in [0.2, 0.25) is 12.0 Å². The molecule has 0 spiro atoms. The van der Waals surface area contributed by atoms with Crippen LogP contribution in [0.4, 0.5) is 13.2 Å². The summed E-state index contributed by atoms with van der Waals surface area (Å²) in [6.45, 7) is 1.20. The minimum absolute atomic E-state index is 0.0281. The Labute approximate surface area is 102 Å². The van der Waals surface area contributed by atoms with E-state index in [0.717, 1.165) is 0 Å². The summed E-state index contributed by atoms with van der Waals surface area (Å²) in [6, 6.07) is 3.84. The molecule has 0 aliphatic heterocycles. The molecule has 0 aliphatic rings. The second-order valence-corrected chi connectivity index (χ2v) is 3.83. The zero-order valence-electron chi connectivity index (χ0n) is 9.57. The van der Waals surface area contributed by atoms with Gasteiger partial charge in [-0.1, -0.05) is 0 Å². The second kappa shape index (κ2) is 5.26. The van der Waals surface area contributed by atoms with Gasteiger partial charge in [-0.05, 0) is 31.2 Å². The molecule has 0 heterocycles. The van der Waals surface area contributed by atoms with Crippen LogP contribution in [0.5, 0.6) is 5.75 Å². The van der Waals surface area contributed by atoms with Gasteiger partial charge in [0.25, 0.3) is 0 Å². The maximum absolute atomic E-state index is 12.6. The fourth-order valence-electron chi connectivity index (χ4n) is 1.32. The molecule has 1 rings (SSSR count). The maximum atomic E-state index is 12.6. The van der Waals surface area contributed by atoms with Gasteiger partial charge in [-0.25, -0.2) is 0 Å². The molecule has 0 bridgehead atoms. The number of primary amides is 1. The molecule has 0 aliphatic carbocycles. The largest absolute Gasteiger partial charge is 0.479 e. The van der Waals surface area contributed by atoms with E-state index in [1.54, 1.807) is 0 Å². The summed E-state index contributed by atoms with van der Waals surface area (Å²) in [5.74, 6) is -0.694. The van der Waals surface area contributed by atoms with E-state index < -0.39 is 24.2 Å². The molecule has 2 atom stereocenters. The summed E-state index contributed by atoms with van der Waals surface area (Å²) in [4.78, 5) is 10.8. The average molecular weight is 262 g/mol. The van der Waals surface area contributed by atoms with E-state index >= 15 is 0 Å². The molecule has 0 aromatic heterocycles. The second-order valence-electron chi connectivity index (χ2n) is 3.83. The third kappa shape index (κ3) is 3.63. The first-order chi connectivity index (χ1) is 8.21. The predicted octanol–water partition coefficient (Wildman–Crippen LogP) is 1.44. The van der Waals surface area contributed by atoms with Crippen molar-refractivity contribution in [1.29, 1.82) is 0 Å². The molecule has 0 fully saturated rings. The summed E-state index contributed by atoms with van der Waals surface area (Å²) >= 11 is 0. The lowest BCUT2D eigenvalue weighted by atomic mass is 10.2. The number of alkyl halides is 3. The number of hydrogen-bond donors (Lipinski definition) is 2. The van der Waals surface area contributed by atoms with Crippen LogP contribution in [0.15, 0.2) is 24.3 Å². The number of rotatable bonds is 4. The van der Waals surface area contributed by atoms with Crippen LogP contribution in [-0.4, -0.2) is 24.2 Å². The molecule has 4 nitrogen and oxygen atoms in total. The Bertz CT molecular complexity index is 415. The van der Waals surface area contributed by atoms with Gasteiger partial charge in [0.15, 0.2) is 0 Å². The van der Waals surface area contributed by atoms with Gasteiger partial charge in [0, 0.05) is 11.6 Å². The fourth-order valence-corrected chi connectivity index (χ4v) is 1.32. The van der Waals surface area contributed by atoms with E-state index in [1.165, 1.54) is 31.2 Å². The van der Waals surface area contributed by atoms with Crippen molar-refractivity contribution in [2.75, 3.05) is 0 Å². The van der Waals surface area contributed by atoms with E-state index in [2.05, 4.69) is 0 Å². The summed E-state index contributed by atoms with van der Waals surface area (Å²) < 4.78 is 42.5. The number of carbonyl (C=O) groups is 1. The molecular formula is C11H13F3N2O2. The molecule has 18 heavy (non-hydrogen) atoms. The molecule has 0 saturated heterocycles. The predicted molar refractivity (Wildman–Crippen MR) is 59.1 cm³/mol. The summed E-state index contributed by atoms with van der Waals surface area (Å²) in [6.07, 6.45) is -6.66. The Morgan fingerprint density at radius 2 is 1.78 bits per heavy atom. The normalized spacial score (nSPS) is 14.9. The zero-order chi connectivity index (χ0) is 13.9. The molecule has 7 heteroatoms. The maximum Gasteiger partial charge on any atom is 0.426 e. The first kappa shape index (κ1) is 14.3. The lowest BCUT2D eigenvalue weighted by Gasteiger charge is -2.24. The Hall–Kier alpha value is -1.76. The van der Waals surface area contributed by atoms with Crippen molar-refractivity contribution < 1.29 is 22.7 Å². The summed E-state index contributed by atoms with van der Waals surface area (Å²) in [5, 5.41) is 0. The highest BCUT2D eigenvalue weighted by Crippen LogP contribution is 2.27. The highest BCUT2D eigenvalue weighted by atomic mass is 19.4. The van der Waals surface area contributed by atoms with Gasteiger partial charge in [-0.3, -0.25) is 4.79 Å². The number of benzene rings is 1. The molecule has 2 unspecified atom stereocenters. The van der Waals surface area contributed by atoms with E-state index in [4.69, 9.17) is 16.2 Å². The number of carbonyl (C=O) groups excluding carboxylic acids is 1. The lowest BCUT2D eigenvalue weighted by molar-refractivity contribution is -0.199. The van der Waals surface area contributed by atoms with Crippen LogP contribution in [0.3, 0.4) is 0 Å². The fraction of sp³-hybridized carbons (Fsp3) is 0.364. The smallest absolute Gasteiger partial charge is 0.426 e. The number of hydrogen-bond acceptors (Lipinski definition) is 3. The molecule has 4 N–H and O–H groups in total. The molecule has 1 aromatic rings.